The molecule has 0 spiro atoms. The van der Waals surface area contributed by atoms with Crippen molar-refractivity contribution < 1.29 is 4.92 Å². The first kappa shape index (κ1) is 15.6. The molecule has 1 fully saturated rings. The summed E-state index contributed by atoms with van der Waals surface area (Å²) >= 11 is 0. The highest BCUT2D eigenvalue weighted by Gasteiger charge is 2.26. The van der Waals surface area contributed by atoms with Crippen LogP contribution in [-0.2, 0) is 0 Å². The maximum Gasteiger partial charge on any atom is 0.315 e. The molecule has 5 heteroatoms. The molecule has 0 aromatic heterocycles. The number of hydrogen-bond donors (Lipinski definition) is 1. The lowest BCUT2D eigenvalue weighted by molar-refractivity contribution is -0.383. The minimum Gasteiger partial charge on any atom is -0.380 e. The van der Waals surface area contributed by atoms with E-state index in [0.29, 0.717) is 18.3 Å². The molecule has 0 saturated heterocycles. The van der Waals surface area contributed by atoms with E-state index >= 15 is 0 Å². The largest absolute Gasteiger partial charge is 0.380 e. The van der Waals surface area contributed by atoms with E-state index < -0.39 is 0 Å². The van der Waals surface area contributed by atoms with Gasteiger partial charge in [-0.2, -0.15) is 0 Å². The molecule has 0 atom stereocenters. The number of benzene rings is 1. The number of nitrogens with one attached hydrogen (secondary N) is 1. The number of para-hydroxylation sites is 1. The van der Waals surface area contributed by atoms with Crippen molar-refractivity contribution in [2.45, 2.75) is 51.5 Å². The summed E-state index contributed by atoms with van der Waals surface area (Å²) in [5.41, 5.74) is 1.54. The molecule has 0 unspecified atom stereocenters. The molecular weight excluding hydrogens is 266 g/mol. The number of hydrogen-bond acceptors (Lipinski definition) is 4. The summed E-state index contributed by atoms with van der Waals surface area (Å²) < 4.78 is 0. The molecule has 21 heavy (non-hydrogen) atoms. The van der Waals surface area contributed by atoms with Gasteiger partial charge in [-0.3, -0.25) is 10.1 Å². The van der Waals surface area contributed by atoms with Crippen molar-refractivity contribution in [2.24, 2.45) is 0 Å². The van der Waals surface area contributed by atoms with Crippen molar-refractivity contribution in [3.63, 3.8) is 0 Å². The van der Waals surface area contributed by atoms with Gasteiger partial charge in [0.15, 0.2) is 0 Å². The van der Waals surface area contributed by atoms with Crippen molar-refractivity contribution in [1.29, 1.82) is 0 Å². The topological polar surface area (TPSA) is 58.4 Å². The van der Waals surface area contributed by atoms with Gasteiger partial charge in [0, 0.05) is 19.6 Å². The number of nitro benzene ring substituents is 1. The normalized spacial score (nSPS) is 16.3. The first-order valence-electron chi connectivity index (χ1n) is 7.89. The van der Waals surface area contributed by atoms with Gasteiger partial charge >= 0.3 is 5.69 Å². The average molecular weight is 291 g/mol. The van der Waals surface area contributed by atoms with Gasteiger partial charge in [0.2, 0.25) is 0 Å². The second kappa shape index (κ2) is 7.29. The van der Waals surface area contributed by atoms with Crippen LogP contribution in [0.25, 0.3) is 0 Å². The molecule has 1 aliphatic carbocycles. The van der Waals surface area contributed by atoms with Gasteiger partial charge in [-0.25, -0.2) is 0 Å². The first-order valence-corrected chi connectivity index (χ1v) is 7.89. The van der Waals surface area contributed by atoms with E-state index in [1.165, 1.54) is 25.7 Å². The van der Waals surface area contributed by atoms with Gasteiger partial charge in [0.25, 0.3) is 0 Å². The van der Waals surface area contributed by atoms with Gasteiger partial charge in [-0.05, 0) is 31.9 Å². The molecule has 5 nitrogen and oxygen atoms in total. The molecule has 1 aromatic rings. The standard InChI is InChI=1S/C16H25N3O2/c1-3-17-14-11-8-12-15(16(14)19(20)21)18(2)13-9-6-4-5-7-10-13/h8,11-13,17H,3-7,9-10H2,1-2H3. The highest BCUT2D eigenvalue weighted by molar-refractivity contribution is 5.77. The Balaban J connectivity index is 2.32. The van der Waals surface area contributed by atoms with E-state index in [-0.39, 0.29) is 10.6 Å². The fourth-order valence-electron chi connectivity index (χ4n) is 3.18. The molecule has 0 bridgehead atoms. The van der Waals surface area contributed by atoms with Crippen LogP contribution in [0.4, 0.5) is 17.1 Å². The van der Waals surface area contributed by atoms with Crippen molar-refractivity contribution >= 4 is 17.1 Å². The molecule has 1 saturated carbocycles. The maximum absolute atomic E-state index is 11.5. The van der Waals surface area contributed by atoms with Crippen LogP contribution in [0.3, 0.4) is 0 Å². The summed E-state index contributed by atoms with van der Waals surface area (Å²) in [6, 6.07) is 5.95. The Morgan fingerprint density at radius 2 is 1.95 bits per heavy atom. The van der Waals surface area contributed by atoms with Crippen LogP contribution in [0.1, 0.15) is 45.4 Å². The molecule has 0 radical (unpaired) electrons. The SMILES string of the molecule is CCNc1cccc(N(C)C2CCCCCC2)c1[N+](=O)[O-]. The van der Waals surface area contributed by atoms with Crippen LogP contribution < -0.4 is 10.2 Å². The Kier molecular flexibility index (Phi) is 5.42. The first-order chi connectivity index (χ1) is 10.1. The Morgan fingerprint density at radius 1 is 1.29 bits per heavy atom. The van der Waals surface area contributed by atoms with Gasteiger partial charge in [0.1, 0.15) is 11.4 Å². The second-order valence-electron chi connectivity index (χ2n) is 5.72. The lowest BCUT2D eigenvalue weighted by atomic mass is 10.1. The molecule has 2 rings (SSSR count). The summed E-state index contributed by atoms with van der Waals surface area (Å²) in [5, 5.41) is 14.6. The molecule has 116 valence electrons. The molecule has 0 aliphatic heterocycles. The summed E-state index contributed by atoms with van der Waals surface area (Å²) in [6.45, 7) is 2.63. The van der Waals surface area contributed by atoms with Gasteiger partial charge in [0.05, 0.1) is 4.92 Å². The van der Waals surface area contributed by atoms with Crippen LogP contribution in [-0.4, -0.2) is 24.6 Å². The summed E-state index contributed by atoms with van der Waals surface area (Å²) in [7, 11) is 1.99. The second-order valence-corrected chi connectivity index (χ2v) is 5.72. The molecule has 1 aromatic carbocycles. The minimum absolute atomic E-state index is 0.200. The van der Waals surface area contributed by atoms with E-state index in [2.05, 4.69) is 10.2 Å². The number of rotatable bonds is 5. The minimum atomic E-state index is -0.263. The summed E-state index contributed by atoms with van der Waals surface area (Å²) in [5.74, 6) is 0. The number of nitrogens with zero attached hydrogens (tertiary/aromatic N) is 2. The van der Waals surface area contributed by atoms with Crippen LogP contribution in [0.15, 0.2) is 18.2 Å². The molecule has 0 heterocycles. The monoisotopic (exact) mass is 291 g/mol. The van der Waals surface area contributed by atoms with E-state index in [4.69, 9.17) is 0 Å². The predicted molar refractivity (Wildman–Crippen MR) is 87.2 cm³/mol. The third kappa shape index (κ3) is 3.65. The Labute approximate surface area is 126 Å². The van der Waals surface area contributed by atoms with Crippen LogP contribution >= 0.6 is 0 Å². The van der Waals surface area contributed by atoms with Crippen LogP contribution in [0.2, 0.25) is 0 Å². The zero-order valence-electron chi connectivity index (χ0n) is 13.0. The fourth-order valence-corrected chi connectivity index (χ4v) is 3.18. The highest BCUT2D eigenvalue weighted by atomic mass is 16.6. The van der Waals surface area contributed by atoms with Gasteiger partial charge < -0.3 is 10.2 Å². The zero-order chi connectivity index (χ0) is 15.2. The van der Waals surface area contributed by atoms with E-state index in [1.807, 2.05) is 26.1 Å². The molecule has 1 N–H and O–H groups in total. The van der Waals surface area contributed by atoms with Gasteiger partial charge in [-0.15, -0.1) is 0 Å². The quantitative estimate of drug-likeness (QED) is 0.502. The van der Waals surface area contributed by atoms with Crippen molar-refractivity contribution in [3.8, 4) is 0 Å². The van der Waals surface area contributed by atoms with E-state index in [1.54, 1.807) is 6.07 Å². The molecule has 0 amide bonds. The average Bonchev–Trinajstić information content (AvgIpc) is 2.75. The van der Waals surface area contributed by atoms with Crippen molar-refractivity contribution in [2.75, 3.05) is 23.8 Å². The highest BCUT2D eigenvalue weighted by Crippen LogP contribution is 2.37. The fraction of sp³-hybridized carbons (Fsp3) is 0.625. The maximum atomic E-state index is 11.5. The van der Waals surface area contributed by atoms with E-state index in [0.717, 1.165) is 18.5 Å². The zero-order valence-corrected chi connectivity index (χ0v) is 13.0. The smallest absolute Gasteiger partial charge is 0.315 e. The Hall–Kier alpha value is -1.78. The molecular formula is C16H25N3O2. The lowest BCUT2D eigenvalue weighted by Crippen LogP contribution is -2.31. The third-order valence-electron chi connectivity index (χ3n) is 4.32. The van der Waals surface area contributed by atoms with E-state index in [9.17, 15) is 10.1 Å². The third-order valence-corrected chi connectivity index (χ3v) is 4.32. The Bertz CT molecular complexity index is 482. The van der Waals surface area contributed by atoms with Crippen LogP contribution in [0.5, 0.6) is 0 Å². The predicted octanol–water partition coefficient (Wildman–Crippen LogP) is 4.19. The number of anilines is 2. The number of nitro groups is 1. The summed E-state index contributed by atoms with van der Waals surface area (Å²) in [4.78, 5) is 13.4. The van der Waals surface area contributed by atoms with Gasteiger partial charge in [-0.1, -0.05) is 31.7 Å². The van der Waals surface area contributed by atoms with Crippen molar-refractivity contribution in [3.05, 3.63) is 28.3 Å². The molecule has 1 aliphatic rings. The lowest BCUT2D eigenvalue weighted by Gasteiger charge is -2.29. The summed E-state index contributed by atoms with van der Waals surface area (Å²) in [6.07, 6.45) is 7.25. The Morgan fingerprint density at radius 3 is 2.52 bits per heavy atom. The van der Waals surface area contributed by atoms with Crippen molar-refractivity contribution in [1.82, 2.24) is 0 Å². The van der Waals surface area contributed by atoms with Crippen LogP contribution in [0, 0.1) is 10.1 Å².